The van der Waals surface area contributed by atoms with Crippen molar-refractivity contribution in [1.82, 2.24) is 5.32 Å². The van der Waals surface area contributed by atoms with E-state index in [4.69, 9.17) is 0 Å². The largest absolute Gasteiger partial charge is 0.371 e. The summed E-state index contributed by atoms with van der Waals surface area (Å²) < 4.78 is 0. The van der Waals surface area contributed by atoms with E-state index in [0.717, 1.165) is 38.0 Å². The maximum absolute atomic E-state index is 12.9. The van der Waals surface area contributed by atoms with E-state index >= 15 is 0 Å². The average Bonchev–Trinajstić information content (AvgIpc) is 3.48. The smallest absolute Gasteiger partial charge is 0.270 e. The van der Waals surface area contributed by atoms with E-state index in [1.807, 2.05) is 18.2 Å². The third-order valence-corrected chi connectivity index (χ3v) is 5.47. The normalized spacial score (nSPS) is 21.6. The Morgan fingerprint density at radius 2 is 1.81 bits per heavy atom. The number of nitrogens with one attached hydrogen (secondary N) is 1. The van der Waals surface area contributed by atoms with Crippen molar-refractivity contribution in [2.45, 2.75) is 37.6 Å². The SMILES string of the molecule is O=C(N[C@H]1C[C@@H]1c1ccccc1)c1cc([N+](=O)[O-])ccc1N1CCCCC1. The molecule has 2 aromatic rings. The topological polar surface area (TPSA) is 75.5 Å². The molecule has 140 valence electrons. The van der Waals surface area contributed by atoms with Gasteiger partial charge in [0.15, 0.2) is 0 Å². The molecule has 2 atom stereocenters. The Morgan fingerprint density at radius 3 is 2.52 bits per heavy atom. The van der Waals surface area contributed by atoms with Crippen LogP contribution in [-0.4, -0.2) is 30.0 Å². The number of amides is 1. The lowest BCUT2D eigenvalue weighted by Gasteiger charge is -2.30. The number of non-ortho nitro benzene ring substituents is 1. The number of piperidine rings is 1. The molecule has 0 radical (unpaired) electrons. The molecular weight excluding hydrogens is 342 g/mol. The van der Waals surface area contributed by atoms with Crippen molar-refractivity contribution in [3.8, 4) is 0 Å². The molecule has 2 aromatic carbocycles. The molecule has 0 spiro atoms. The van der Waals surface area contributed by atoms with Crippen molar-refractivity contribution >= 4 is 17.3 Å². The molecule has 0 aromatic heterocycles. The molecule has 4 rings (SSSR count). The summed E-state index contributed by atoms with van der Waals surface area (Å²) in [6.45, 7) is 1.77. The van der Waals surface area contributed by atoms with Crippen LogP contribution >= 0.6 is 0 Å². The van der Waals surface area contributed by atoms with Gasteiger partial charge >= 0.3 is 0 Å². The van der Waals surface area contributed by atoms with E-state index in [9.17, 15) is 14.9 Å². The number of hydrogen-bond donors (Lipinski definition) is 1. The Labute approximate surface area is 158 Å². The molecule has 1 aliphatic heterocycles. The molecule has 1 heterocycles. The number of carbonyl (C=O) groups excluding carboxylic acids is 1. The van der Waals surface area contributed by atoms with E-state index in [2.05, 4.69) is 22.3 Å². The number of benzene rings is 2. The van der Waals surface area contributed by atoms with Gasteiger partial charge in [0.2, 0.25) is 0 Å². The fourth-order valence-electron chi connectivity index (χ4n) is 3.90. The van der Waals surface area contributed by atoms with Crippen LogP contribution in [0.3, 0.4) is 0 Å². The fraction of sp³-hybridized carbons (Fsp3) is 0.381. The summed E-state index contributed by atoms with van der Waals surface area (Å²) in [6, 6.07) is 14.8. The highest BCUT2D eigenvalue weighted by Gasteiger charge is 2.40. The third kappa shape index (κ3) is 3.79. The van der Waals surface area contributed by atoms with Gasteiger partial charge in [-0.3, -0.25) is 14.9 Å². The Morgan fingerprint density at radius 1 is 1.07 bits per heavy atom. The van der Waals surface area contributed by atoms with E-state index in [0.29, 0.717) is 11.5 Å². The first-order valence-electron chi connectivity index (χ1n) is 9.52. The standard InChI is InChI=1S/C21H23N3O3/c25-21(22-19-14-17(19)15-7-3-1-4-8-15)18-13-16(24(26)27)9-10-20(18)23-11-5-2-6-12-23/h1,3-4,7-10,13,17,19H,2,5-6,11-12,14H2,(H,22,25)/t17-,19+/m1/s1. The minimum Gasteiger partial charge on any atom is -0.371 e. The van der Waals surface area contributed by atoms with Crippen molar-refractivity contribution in [3.63, 3.8) is 0 Å². The Bertz CT molecular complexity index is 847. The van der Waals surface area contributed by atoms with Crippen LogP contribution in [0, 0.1) is 10.1 Å². The monoisotopic (exact) mass is 365 g/mol. The molecule has 1 saturated heterocycles. The van der Waals surface area contributed by atoms with Gasteiger partial charge in [0, 0.05) is 37.2 Å². The quantitative estimate of drug-likeness (QED) is 0.645. The van der Waals surface area contributed by atoms with Gasteiger partial charge in [-0.25, -0.2) is 0 Å². The minimum atomic E-state index is -0.444. The number of hydrogen-bond acceptors (Lipinski definition) is 4. The van der Waals surface area contributed by atoms with Gasteiger partial charge in [0.1, 0.15) is 0 Å². The predicted molar refractivity (Wildman–Crippen MR) is 104 cm³/mol. The summed E-state index contributed by atoms with van der Waals surface area (Å²) in [7, 11) is 0. The van der Waals surface area contributed by atoms with Crippen LogP contribution in [0.4, 0.5) is 11.4 Å². The summed E-state index contributed by atoms with van der Waals surface area (Å²) >= 11 is 0. The van der Waals surface area contributed by atoms with Gasteiger partial charge in [-0.05, 0) is 37.3 Å². The lowest BCUT2D eigenvalue weighted by atomic mass is 10.1. The summed E-state index contributed by atoms with van der Waals surface area (Å²) in [6.07, 6.45) is 4.25. The Kier molecular flexibility index (Phi) is 4.79. The average molecular weight is 365 g/mol. The number of carbonyl (C=O) groups is 1. The van der Waals surface area contributed by atoms with Gasteiger partial charge in [0.05, 0.1) is 16.2 Å². The maximum atomic E-state index is 12.9. The van der Waals surface area contributed by atoms with Gasteiger partial charge in [0.25, 0.3) is 11.6 Å². The van der Waals surface area contributed by atoms with Gasteiger partial charge < -0.3 is 10.2 Å². The highest BCUT2D eigenvalue weighted by molar-refractivity contribution is 6.01. The van der Waals surface area contributed by atoms with Crippen LogP contribution < -0.4 is 10.2 Å². The summed E-state index contributed by atoms with van der Waals surface area (Å²) in [5.74, 6) is 0.106. The van der Waals surface area contributed by atoms with Crippen LogP contribution in [0.25, 0.3) is 0 Å². The second kappa shape index (κ2) is 7.39. The van der Waals surface area contributed by atoms with Gasteiger partial charge in [-0.15, -0.1) is 0 Å². The van der Waals surface area contributed by atoms with Crippen molar-refractivity contribution in [2.24, 2.45) is 0 Å². The van der Waals surface area contributed by atoms with Crippen LogP contribution in [0.1, 0.15) is 47.5 Å². The first-order valence-corrected chi connectivity index (χ1v) is 9.52. The minimum absolute atomic E-state index is 0.0451. The van der Waals surface area contributed by atoms with Gasteiger partial charge in [-0.1, -0.05) is 30.3 Å². The van der Waals surface area contributed by atoms with E-state index < -0.39 is 4.92 Å². The molecule has 2 aliphatic rings. The van der Waals surface area contributed by atoms with Crippen molar-refractivity contribution < 1.29 is 9.72 Å². The number of anilines is 1. The molecule has 0 bridgehead atoms. The molecule has 1 saturated carbocycles. The molecule has 1 amide bonds. The molecule has 6 heteroatoms. The highest BCUT2D eigenvalue weighted by atomic mass is 16.6. The summed E-state index contributed by atoms with van der Waals surface area (Å²) in [4.78, 5) is 25.9. The van der Waals surface area contributed by atoms with E-state index in [1.54, 1.807) is 6.07 Å². The Balaban J connectivity index is 1.54. The van der Waals surface area contributed by atoms with Crippen molar-refractivity contribution in [1.29, 1.82) is 0 Å². The number of nitro groups is 1. The maximum Gasteiger partial charge on any atom is 0.270 e. The first-order chi connectivity index (χ1) is 13.1. The lowest BCUT2D eigenvalue weighted by molar-refractivity contribution is -0.384. The fourth-order valence-corrected chi connectivity index (χ4v) is 3.90. The second-order valence-corrected chi connectivity index (χ2v) is 7.34. The number of nitrogens with zero attached hydrogens (tertiary/aromatic N) is 2. The zero-order valence-corrected chi connectivity index (χ0v) is 15.1. The van der Waals surface area contributed by atoms with Crippen molar-refractivity contribution in [3.05, 3.63) is 69.8 Å². The molecule has 6 nitrogen and oxygen atoms in total. The van der Waals surface area contributed by atoms with E-state index in [-0.39, 0.29) is 17.6 Å². The molecule has 2 fully saturated rings. The van der Waals surface area contributed by atoms with Crippen LogP contribution in [0.2, 0.25) is 0 Å². The number of nitro benzene ring substituents is 1. The predicted octanol–water partition coefficient (Wildman–Crippen LogP) is 3.87. The van der Waals surface area contributed by atoms with Crippen molar-refractivity contribution in [2.75, 3.05) is 18.0 Å². The first kappa shape index (κ1) is 17.5. The van der Waals surface area contributed by atoms with Crippen LogP contribution in [-0.2, 0) is 0 Å². The number of rotatable bonds is 5. The van der Waals surface area contributed by atoms with Gasteiger partial charge in [-0.2, -0.15) is 0 Å². The summed E-state index contributed by atoms with van der Waals surface area (Å²) in [5, 5.41) is 14.3. The second-order valence-electron chi connectivity index (χ2n) is 7.34. The van der Waals surface area contributed by atoms with Crippen LogP contribution in [0.15, 0.2) is 48.5 Å². The molecule has 27 heavy (non-hydrogen) atoms. The van der Waals surface area contributed by atoms with Crippen LogP contribution in [0.5, 0.6) is 0 Å². The molecule has 1 aliphatic carbocycles. The summed E-state index contributed by atoms with van der Waals surface area (Å²) in [5.41, 5.74) is 2.38. The molecule has 0 unspecified atom stereocenters. The highest BCUT2D eigenvalue weighted by Crippen LogP contribution is 2.41. The molecular formula is C21H23N3O3. The zero-order valence-electron chi connectivity index (χ0n) is 15.1. The van der Waals surface area contributed by atoms with E-state index in [1.165, 1.54) is 24.1 Å². The third-order valence-electron chi connectivity index (χ3n) is 5.47. The Hall–Kier alpha value is -2.89. The lowest BCUT2D eigenvalue weighted by Crippen LogP contribution is -2.33. The molecule has 1 N–H and O–H groups in total. The zero-order chi connectivity index (χ0) is 18.8.